The van der Waals surface area contributed by atoms with Crippen LogP contribution in [0, 0.1) is 0 Å². The van der Waals surface area contributed by atoms with Crippen LogP contribution in [0.2, 0.25) is 0 Å². The molecule has 2 aromatic rings. The van der Waals surface area contributed by atoms with Crippen LogP contribution in [0.4, 0.5) is 13.2 Å². The van der Waals surface area contributed by atoms with Gasteiger partial charge in [0.25, 0.3) is 5.56 Å². The number of pyridine rings is 2. The molecule has 21 heavy (non-hydrogen) atoms. The SMILES string of the molecule is Cn1c(=O)cc(OS(=O)(=O)C(F)(F)F)c2nc(Br)ccc21. The Morgan fingerprint density at radius 2 is 1.95 bits per heavy atom. The molecule has 2 heterocycles. The van der Waals surface area contributed by atoms with Gasteiger partial charge in [-0.3, -0.25) is 4.79 Å². The first-order chi connectivity index (χ1) is 9.53. The summed E-state index contributed by atoms with van der Waals surface area (Å²) in [5.41, 5.74) is -6.41. The summed E-state index contributed by atoms with van der Waals surface area (Å²) in [6, 6.07) is 3.47. The van der Waals surface area contributed by atoms with E-state index in [1.165, 1.54) is 19.2 Å². The van der Waals surface area contributed by atoms with E-state index in [1.54, 1.807) is 0 Å². The first kappa shape index (κ1) is 15.8. The van der Waals surface area contributed by atoms with Gasteiger partial charge in [-0.1, -0.05) is 0 Å². The van der Waals surface area contributed by atoms with Gasteiger partial charge >= 0.3 is 15.6 Å². The molecule has 6 nitrogen and oxygen atoms in total. The Balaban J connectivity index is 2.73. The molecule has 0 aromatic carbocycles. The lowest BCUT2D eigenvalue weighted by Gasteiger charge is -2.12. The van der Waals surface area contributed by atoms with Crippen molar-refractivity contribution < 1.29 is 25.8 Å². The summed E-state index contributed by atoms with van der Waals surface area (Å²) >= 11 is 3.00. The molecule has 0 atom stereocenters. The van der Waals surface area contributed by atoms with Gasteiger partial charge < -0.3 is 8.75 Å². The van der Waals surface area contributed by atoms with Crippen LogP contribution in [0.3, 0.4) is 0 Å². The predicted molar refractivity (Wildman–Crippen MR) is 70.3 cm³/mol. The maximum Gasteiger partial charge on any atom is 0.534 e. The minimum Gasteiger partial charge on any atom is -0.373 e. The second-order valence-electron chi connectivity index (χ2n) is 3.89. The minimum absolute atomic E-state index is 0.123. The Bertz CT molecular complexity index is 876. The van der Waals surface area contributed by atoms with Crippen molar-refractivity contribution in [2.45, 2.75) is 5.51 Å². The summed E-state index contributed by atoms with van der Waals surface area (Å²) in [6.07, 6.45) is 0. The number of aromatic nitrogens is 2. The van der Waals surface area contributed by atoms with E-state index < -0.39 is 26.9 Å². The third-order valence-corrected chi connectivity index (χ3v) is 3.91. The van der Waals surface area contributed by atoms with Crippen LogP contribution in [-0.4, -0.2) is 23.5 Å². The van der Waals surface area contributed by atoms with Crippen molar-refractivity contribution in [2.75, 3.05) is 0 Å². The van der Waals surface area contributed by atoms with E-state index in [-0.39, 0.29) is 15.6 Å². The average molecular weight is 387 g/mol. The molecule has 0 N–H and O–H groups in total. The van der Waals surface area contributed by atoms with Crippen LogP contribution in [0.5, 0.6) is 5.75 Å². The molecule has 0 radical (unpaired) electrons. The number of hydrogen-bond acceptors (Lipinski definition) is 5. The number of alkyl halides is 3. The fraction of sp³-hybridized carbons (Fsp3) is 0.200. The molecule has 2 aromatic heterocycles. The highest BCUT2D eigenvalue weighted by atomic mass is 79.9. The van der Waals surface area contributed by atoms with Gasteiger partial charge in [0, 0.05) is 13.1 Å². The normalized spacial score (nSPS) is 12.6. The Hall–Kier alpha value is -1.62. The molecule has 0 fully saturated rings. The average Bonchev–Trinajstić information content (AvgIpc) is 2.34. The molecule has 114 valence electrons. The molecule has 0 aliphatic rings. The zero-order valence-corrected chi connectivity index (χ0v) is 12.6. The van der Waals surface area contributed by atoms with Crippen molar-refractivity contribution in [3.05, 3.63) is 33.2 Å². The molecule has 0 aliphatic heterocycles. The molecule has 0 bridgehead atoms. The standard InChI is InChI=1S/C10H6BrF3N2O4S/c1-16-5-2-3-7(11)15-9(5)6(4-8(16)17)20-21(18,19)10(12,13)14/h2-4H,1H3. The molecular formula is C10H6BrF3N2O4S. The lowest BCUT2D eigenvalue weighted by atomic mass is 10.3. The third-order valence-electron chi connectivity index (χ3n) is 2.50. The largest absolute Gasteiger partial charge is 0.534 e. The van der Waals surface area contributed by atoms with E-state index in [2.05, 4.69) is 25.1 Å². The second-order valence-corrected chi connectivity index (χ2v) is 6.24. The second kappa shape index (κ2) is 4.98. The van der Waals surface area contributed by atoms with Crippen LogP contribution in [0.1, 0.15) is 0 Å². The molecule has 11 heteroatoms. The first-order valence-corrected chi connectivity index (χ1v) is 7.40. The lowest BCUT2D eigenvalue weighted by Crippen LogP contribution is -2.29. The van der Waals surface area contributed by atoms with Gasteiger partial charge in [0.1, 0.15) is 10.1 Å². The van der Waals surface area contributed by atoms with Crippen LogP contribution >= 0.6 is 15.9 Å². The van der Waals surface area contributed by atoms with Crippen molar-refractivity contribution in [2.24, 2.45) is 7.05 Å². The number of nitrogens with zero attached hydrogens (tertiary/aromatic N) is 2. The van der Waals surface area contributed by atoms with Gasteiger partial charge in [0.15, 0.2) is 5.75 Å². The number of rotatable bonds is 2. The van der Waals surface area contributed by atoms with Crippen LogP contribution in [0.15, 0.2) is 27.6 Å². The van der Waals surface area contributed by atoms with E-state index in [4.69, 9.17) is 0 Å². The minimum atomic E-state index is -5.89. The van der Waals surface area contributed by atoms with Gasteiger partial charge in [0.05, 0.1) is 5.52 Å². The number of hydrogen-bond donors (Lipinski definition) is 0. The quantitative estimate of drug-likeness (QED) is 0.447. The van der Waals surface area contributed by atoms with E-state index in [9.17, 15) is 26.4 Å². The monoisotopic (exact) mass is 386 g/mol. The lowest BCUT2D eigenvalue weighted by molar-refractivity contribution is -0.0499. The Kier molecular flexibility index (Phi) is 3.74. The first-order valence-electron chi connectivity index (χ1n) is 5.20. The topological polar surface area (TPSA) is 78.3 Å². The fourth-order valence-corrected chi connectivity index (χ4v) is 2.27. The third kappa shape index (κ3) is 2.88. The summed E-state index contributed by atoms with van der Waals surface area (Å²) in [5.74, 6) is -0.785. The summed E-state index contributed by atoms with van der Waals surface area (Å²) in [7, 11) is -4.52. The molecule has 0 spiro atoms. The Morgan fingerprint density at radius 3 is 2.52 bits per heavy atom. The van der Waals surface area contributed by atoms with Crippen LogP contribution < -0.4 is 9.74 Å². The van der Waals surface area contributed by atoms with Crippen molar-refractivity contribution in [1.29, 1.82) is 0 Å². The fourth-order valence-electron chi connectivity index (χ4n) is 1.50. The molecule has 0 saturated carbocycles. The Morgan fingerprint density at radius 1 is 1.33 bits per heavy atom. The van der Waals surface area contributed by atoms with E-state index in [0.29, 0.717) is 6.07 Å². The Labute approximate surface area is 124 Å². The van der Waals surface area contributed by atoms with Crippen LogP contribution in [0.25, 0.3) is 11.0 Å². The van der Waals surface area contributed by atoms with Gasteiger partial charge in [-0.25, -0.2) is 4.98 Å². The molecule has 0 unspecified atom stereocenters. The zero-order chi connectivity index (χ0) is 16.0. The summed E-state index contributed by atoms with van der Waals surface area (Å²) in [6.45, 7) is 0. The number of fused-ring (bicyclic) bond motifs is 1. The number of aryl methyl sites for hydroxylation is 1. The van der Waals surface area contributed by atoms with Crippen molar-refractivity contribution in [1.82, 2.24) is 9.55 Å². The van der Waals surface area contributed by atoms with Crippen molar-refractivity contribution >= 4 is 37.1 Å². The van der Waals surface area contributed by atoms with E-state index >= 15 is 0 Å². The summed E-state index contributed by atoms with van der Waals surface area (Å²) in [5, 5.41) is 0. The van der Waals surface area contributed by atoms with Gasteiger partial charge in [0.2, 0.25) is 0 Å². The zero-order valence-electron chi connectivity index (χ0n) is 10.2. The van der Waals surface area contributed by atoms with Crippen molar-refractivity contribution in [3.63, 3.8) is 0 Å². The van der Waals surface area contributed by atoms with Crippen molar-refractivity contribution in [3.8, 4) is 5.75 Å². The summed E-state index contributed by atoms with van der Waals surface area (Å²) < 4.78 is 64.5. The predicted octanol–water partition coefficient (Wildman–Crippen LogP) is 1.92. The highest BCUT2D eigenvalue weighted by molar-refractivity contribution is 9.10. The smallest absolute Gasteiger partial charge is 0.373 e. The number of halogens is 4. The molecular weight excluding hydrogens is 381 g/mol. The highest BCUT2D eigenvalue weighted by Gasteiger charge is 2.48. The van der Waals surface area contributed by atoms with Crippen LogP contribution in [-0.2, 0) is 17.2 Å². The van der Waals surface area contributed by atoms with E-state index in [0.717, 1.165) is 4.57 Å². The molecule has 0 amide bonds. The maximum absolute atomic E-state index is 12.4. The highest BCUT2D eigenvalue weighted by Crippen LogP contribution is 2.30. The summed E-state index contributed by atoms with van der Waals surface area (Å²) in [4.78, 5) is 15.5. The van der Waals surface area contributed by atoms with E-state index in [1.807, 2.05) is 0 Å². The maximum atomic E-state index is 12.4. The molecule has 0 saturated heterocycles. The molecule has 0 aliphatic carbocycles. The van der Waals surface area contributed by atoms with Gasteiger partial charge in [-0.05, 0) is 28.1 Å². The van der Waals surface area contributed by atoms with Gasteiger partial charge in [-0.15, -0.1) is 0 Å². The molecule has 2 rings (SSSR count). The van der Waals surface area contributed by atoms with Gasteiger partial charge in [-0.2, -0.15) is 21.6 Å².